The topological polar surface area (TPSA) is 160 Å². The number of nitrogens with zero attached hydrogens (tertiary/aromatic N) is 3. The minimum absolute atomic E-state index is 0. The summed E-state index contributed by atoms with van der Waals surface area (Å²) in [6.07, 6.45) is 5.20. The average molecular weight is 621 g/mol. The van der Waals surface area contributed by atoms with Gasteiger partial charge in [0.1, 0.15) is 17.7 Å². The van der Waals surface area contributed by atoms with E-state index in [2.05, 4.69) is 28.7 Å². The molecule has 0 radical (unpaired) electrons. The van der Waals surface area contributed by atoms with Gasteiger partial charge in [-0.2, -0.15) is 4.98 Å². The van der Waals surface area contributed by atoms with E-state index in [9.17, 15) is 14.7 Å². The fourth-order valence-electron chi connectivity index (χ4n) is 5.56. The molecule has 12 heteroatoms. The fraction of sp³-hybridized carbons (Fsp3) is 0.312. The summed E-state index contributed by atoms with van der Waals surface area (Å²) in [5.41, 5.74) is 15.8. The molecular formula is C32H35ClN5O6+. The molecule has 0 spiro atoms. The van der Waals surface area contributed by atoms with E-state index in [1.165, 1.54) is 0 Å². The van der Waals surface area contributed by atoms with Crippen molar-refractivity contribution >= 4 is 41.8 Å². The van der Waals surface area contributed by atoms with Gasteiger partial charge in [0.2, 0.25) is 17.5 Å². The molecule has 1 unspecified atom stereocenters. The Labute approximate surface area is 261 Å². The van der Waals surface area contributed by atoms with Gasteiger partial charge in [-0.1, -0.05) is 18.8 Å². The van der Waals surface area contributed by atoms with Crippen LogP contribution in [0.25, 0.3) is 0 Å². The SMILES string of the molecule is CCC[N+]1(CC2CC2)C=C(OC(=O)O)C(=O)c2ccc(C#Cc3cc(Cc4cnc(N)nc4N)cc(OC)c3OC)cc21.Cl. The molecular weight excluding hydrogens is 586 g/mol. The number of fused-ring (bicyclic) bond motifs is 1. The lowest BCUT2D eigenvalue weighted by atomic mass is 9.97. The first kappa shape index (κ1) is 32.1. The number of aromatic nitrogens is 2. The number of nitrogen functional groups attached to an aromatic ring is 2. The van der Waals surface area contributed by atoms with E-state index in [-0.39, 0.29) is 24.1 Å². The molecule has 11 nitrogen and oxygen atoms in total. The van der Waals surface area contributed by atoms with Gasteiger partial charge in [0.05, 0.1) is 38.4 Å². The highest BCUT2D eigenvalue weighted by Crippen LogP contribution is 2.42. The van der Waals surface area contributed by atoms with Gasteiger partial charge >= 0.3 is 6.16 Å². The predicted octanol–water partition coefficient (Wildman–Crippen LogP) is 4.93. The molecule has 230 valence electrons. The van der Waals surface area contributed by atoms with Gasteiger partial charge < -0.3 is 30.8 Å². The van der Waals surface area contributed by atoms with Gasteiger partial charge in [-0.05, 0) is 49.1 Å². The molecule has 1 aliphatic carbocycles. The van der Waals surface area contributed by atoms with Crippen LogP contribution >= 0.6 is 12.4 Å². The molecule has 5 N–H and O–H groups in total. The van der Waals surface area contributed by atoms with Crippen LogP contribution in [0.3, 0.4) is 0 Å². The lowest BCUT2D eigenvalue weighted by Gasteiger charge is -2.38. The average Bonchev–Trinajstić information content (AvgIpc) is 3.79. The molecule has 0 amide bonds. The standard InChI is InChI=1S/C32H33N5O6.ClH/c1-4-11-37(17-20-5-6-20)18-27(43-32(39)40)28(38)24-10-8-19(14-25(24)37)7-9-22-12-21(15-26(41-2)29(22)42-3)13-23-16-35-31(34)36-30(23)33;/h8,10,12,14-16,18,20H,4-6,11,13,17H2,1-3H3,(H4-,33,34,35,36,39,40);1H/p+1. The maximum Gasteiger partial charge on any atom is 0.511 e. The molecule has 44 heavy (non-hydrogen) atoms. The number of hydrogen-bond donors (Lipinski definition) is 3. The number of ketones is 1. The molecule has 2 aromatic carbocycles. The number of halogens is 1. The molecule has 1 saturated carbocycles. The number of carbonyl (C=O) groups is 2. The van der Waals surface area contributed by atoms with Gasteiger partial charge in [-0.3, -0.25) is 9.28 Å². The van der Waals surface area contributed by atoms with E-state index >= 15 is 0 Å². The minimum atomic E-state index is -1.51. The van der Waals surface area contributed by atoms with Crippen molar-refractivity contribution in [2.24, 2.45) is 5.92 Å². The zero-order chi connectivity index (χ0) is 30.7. The summed E-state index contributed by atoms with van der Waals surface area (Å²) in [7, 11) is 3.11. The smallest absolute Gasteiger partial charge is 0.493 e. The second kappa shape index (κ2) is 13.2. The number of Topliss-reactive ketones (excluding diaryl/α,β-unsaturated/α-hetero) is 1. The van der Waals surface area contributed by atoms with E-state index in [1.54, 1.807) is 38.7 Å². The maximum absolute atomic E-state index is 13.3. The Balaban J connectivity index is 0.00000442. The molecule has 0 bridgehead atoms. The second-order valence-corrected chi connectivity index (χ2v) is 10.8. The first-order chi connectivity index (χ1) is 20.7. The van der Waals surface area contributed by atoms with Crippen molar-refractivity contribution in [3.63, 3.8) is 0 Å². The first-order valence-electron chi connectivity index (χ1n) is 14.0. The minimum Gasteiger partial charge on any atom is -0.493 e. The molecule has 2 heterocycles. The highest BCUT2D eigenvalue weighted by molar-refractivity contribution is 6.13. The Morgan fingerprint density at radius 3 is 2.55 bits per heavy atom. The van der Waals surface area contributed by atoms with E-state index in [0.717, 1.165) is 37.1 Å². The molecule has 1 aliphatic heterocycles. The molecule has 1 aromatic heterocycles. The Bertz CT molecular complexity index is 1690. The Hall–Kier alpha value is -4.79. The van der Waals surface area contributed by atoms with Crippen LogP contribution in [0.4, 0.5) is 22.2 Å². The number of carboxylic acid groups (broad SMARTS) is 1. The number of carbonyl (C=O) groups excluding carboxylic acids is 1. The second-order valence-electron chi connectivity index (χ2n) is 10.8. The van der Waals surface area contributed by atoms with E-state index in [4.69, 9.17) is 25.7 Å². The van der Waals surface area contributed by atoms with Crippen molar-refractivity contribution in [1.82, 2.24) is 14.5 Å². The monoisotopic (exact) mass is 620 g/mol. The predicted molar refractivity (Wildman–Crippen MR) is 169 cm³/mol. The summed E-state index contributed by atoms with van der Waals surface area (Å²) in [5, 5.41) is 9.28. The van der Waals surface area contributed by atoms with E-state index in [0.29, 0.717) is 62.9 Å². The molecule has 0 saturated heterocycles. The van der Waals surface area contributed by atoms with Crippen LogP contribution in [-0.2, 0) is 11.2 Å². The number of nitrogens with two attached hydrogens (primary N) is 2. The van der Waals surface area contributed by atoms with Crippen molar-refractivity contribution in [3.8, 4) is 23.3 Å². The lowest BCUT2D eigenvalue weighted by Crippen LogP contribution is -2.50. The third kappa shape index (κ3) is 6.72. The van der Waals surface area contributed by atoms with Crippen LogP contribution in [-0.4, -0.2) is 54.3 Å². The number of allylic oxidation sites excluding steroid dienone is 1. The van der Waals surface area contributed by atoms with Crippen LogP contribution in [0.2, 0.25) is 0 Å². The van der Waals surface area contributed by atoms with Crippen molar-refractivity contribution < 1.29 is 28.9 Å². The largest absolute Gasteiger partial charge is 0.511 e. The van der Waals surface area contributed by atoms with Crippen molar-refractivity contribution in [1.29, 1.82) is 0 Å². The van der Waals surface area contributed by atoms with E-state index in [1.807, 2.05) is 18.2 Å². The van der Waals surface area contributed by atoms with Gasteiger partial charge in [-0.15, -0.1) is 12.4 Å². The Morgan fingerprint density at radius 1 is 1.14 bits per heavy atom. The number of methoxy groups -OCH3 is 2. The Morgan fingerprint density at radius 2 is 1.91 bits per heavy atom. The lowest BCUT2D eigenvalue weighted by molar-refractivity contribution is 0.0841. The number of quaternary nitrogens is 1. The van der Waals surface area contributed by atoms with Crippen LogP contribution in [0.1, 0.15) is 58.8 Å². The van der Waals surface area contributed by atoms with Crippen LogP contribution < -0.4 is 25.4 Å². The fourth-order valence-corrected chi connectivity index (χ4v) is 5.56. The van der Waals surface area contributed by atoms with Crippen LogP contribution in [0.5, 0.6) is 11.5 Å². The number of ether oxygens (including phenoxy) is 3. The zero-order valence-corrected chi connectivity index (χ0v) is 25.6. The highest BCUT2D eigenvalue weighted by Gasteiger charge is 2.44. The van der Waals surface area contributed by atoms with Crippen molar-refractivity contribution in [2.75, 3.05) is 38.8 Å². The number of anilines is 2. The summed E-state index contributed by atoms with van der Waals surface area (Å²) in [4.78, 5) is 32.7. The molecule has 2 aliphatic rings. The zero-order valence-electron chi connectivity index (χ0n) is 24.8. The first-order valence-corrected chi connectivity index (χ1v) is 14.0. The highest BCUT2D eigenvalue weighted by atomic mass is 35.5. The number of benzene rings is 2. The Kier molecular flexibility index (Phi) is 9.67. The van der Waals surface area contributed by atoms with Crippen molar-refractivity contribution in [2.45, 2.75) is 32.6 Å². The van der Waals surface area contributed by atoms with Crippen LogP contribution in [0.15, 0.2) is 48.5 Å². The normalized spacial score (nSPS) is 16.9. The summed E-state index contributed by atoms with van der Waals surface area (Å²) >= 11 is 0. The third-order valence-corrected chi connectivity index (χ3v) is 7.60. The third-order valence-electron chi connectivity index (χ3n) is 7.60. The molecule has 1 atom stereocenters. The van der Waals surface area contributed by atoms with E-state index < -0.39 is 11.9 Å². The summed E-state index contributed by atoms with van der Waals surface area (Å²) in [6.45, 7) is 3.50. The maximum atomic E-state index is 13.3. The van der Waals surface area contributed by atoms with Gasteiger partial charge in [0, 0.05) is 35.7 Å². The molecule has 1 fully saturated rings. The number of hydrogen-bond acceptors (Lipinski definition) is 9. The van der Waals surface area contributed by atoms with Gasteiger partial charge in [-0.25, -0.2) is 9.78 Å². The summed E-state index contributed by atoms with van der Waals surface area (Å²) < 4.78 is 16.5. The quantitative estimate of drug-likeness (QED) is 0.170. The van der Waals surface area contributed by atoms with Gasteiger partial charge in [0.25, 0.3) is 0 Å². The molecule has 5 rings (SSSR count). The molecule has 3 aromatic rings. The number of rotatable bonds is 9. The summed E-state index contributed by atoms with van der Waals surface area (Å²) in [5.74, 6) is 7.73. The van der Waals surface area contributed by atoms with Gasteiger partial charge in [0.15, 0.2) is 11.5 Å². The van der Waals surface area contributed by atoms with Crippen LogP contribution in [0, 0.1) is 17.8 Å². The summed E-state index contributed by atoms with van der Waals surface area (Å²) in [6, 6.07) is 9.13. The van der Waals surface area contributed by atoms with Crippen molar-refractivity contribution in [3.05, 3.63) is 76.3 Å².